The van der Waals surface area contributed by atoms with Crippen LogP contribution in [-0.4, -0.2) is 52.5 Å². The summed E-state index contributed by atoms with van der Waals surface area (Å²) >= 11 is 0. The molecular weight excluding hydrogens is 484 g/mol. The highest BCUT2D eigenvalue weighted by Crippen LogP contribution is 2.38. The molecule has 2 heterocycles. The largest absolute Gasteiger partial charge is 0.493 e. The first-order valence-corrected chi connectivity index (χ1v) is 13.5. The third-order valence-electron chi connectivity index (χ3n) is 7.22. The van der Waals surface area contributed by atoms with Crippen molar-refractivity contribution >= 4 is 33.0 Å². The lowest BCUT2D eigenvalue weighted by molar-refractivity contribution is 0.161. The Bertz CT molecular complexity index is 1290. The van der Waals surface area contributed by atoms with Gasteiger partial charge in [-0.05, 0) is 60.5 Å². The van der Waals surface area contributed by atoms with E-state index in [0.717, 1.165) is 42.1 Å². The van der Waals surface area contributed by atoms with Crippen LogP contribution in [0.1, 0.15) is 24.0 Å². The lowest BCUT2D eigenvalue weighted by atomic mass is 9.95. The van der Waals surface area contributed by atoms with Gasteiger partial charge in [-0.15, -0.1) is 12.4 Å². The number of ether oxygens (including phenoxy) is 2. The number of benzene rings is 3. The van der Waals surface area contributed by atoms with Crippen molar-refractivity contribution < 1.29 is 17.9 Å². The van der Waals surface area contributed by atoms with Gasteiger partial charge in [0.05, 0.1) is 19.1 Å². The number of sulfone groups is 1. The molecule has 0 spiro atoms. The first-order valence-electron chi connectivity index (χ1n) is 11.9. The van der Waals surface area contributed by atoms with Gasteiger partial charge in [0.25, 0.3) is 0 Å². The van der Waals surface area contributed by atoms with Crippen LogP contribution in [0.15, 0.2) is 59.5 Å². The Morgan fingerprint density at radius 3 is 2.43 bits per heavy atom. The molecule has 0 bridgehead atoms. The summed E-state index contributed by atoms with van der Waals surface area (Å²) in [6, 6.07) is 17.4. The number of methoxy groups -OCH3 is 2. The van der Waals surface area contributed by atoms with Gasteiger partial charge < -0.3 is 14.8 Å². The lowest BCUT2D eigenvalue weighted by Gasteiger charge is -2.41. The Morgan fingerprint density at radius 2 is 1.71 bits per heavy atom. The molecule has 2 unspecified atom stereocenters. The fraction of sp³-hybridized carbons (Fsp3) is 0.407. The SMILES string of the molecule is COc1cc2c(cc1OC)CN(C(C1CCCNC1)S(=O)(=O)c1cccc3ccccc13)CC2.Cl. The zero-order valence-electron chi connectivity index (χ0n) is 20.2. The van der Waals surface area contributed by atoms with E-state index in [1.165, 1.54) is 5.56 Å². The van der Waals surface area contributed by atoms with E-state index in [1.54, 1.807) is 20.3 Å². The highest BCUT2D eigenvalue weighted by Gasteiger charge is 2.41. The zero-order chi connectivity index (χ0) is 23.7. The second-order valence-electron chi connectivity index (χ2n) is 9.22. The number of fused-ring (bicyclic) bond motifs is 2. The number of hydrogen-bond acceptors (Lipinski definition) is 6. The zero-order valence-corrected chi connectivity index (χ0v) is 21.8. The van der Waals surface area contributed by atoms with E-state index in [4.69, 9.17) is 9.47 Å². The maximum atomic E-state index is 14.4. The average molecular weight is 517 g/mol. The molecule has 0 saturated carbocycles. The van der Waals surface area contributed by atoms with Crippen molar-refractivity contribution in [2.75, 3.05) is 33.9 Å². The van der Waals surface area contributed by atoms with Crippen LogP contribution in [0.4, 0.5) is 0 Å². The normalized spacial score (nSPS) is 19.4. The molecule has 0 aromatic heterocycles. The van der Waals surface area contributed by atoms with Crippen molar-refractivity contribution in [3.05, 3.63) is 65.7 Å². The molecule has 3 aromatic carbocycles. The number of hydrogen-bond donors (Lipinski definition) is 1. The van der Waals surface area contributed by atoms with Gasteiger partial charge in [0, 0.05) is 30.9 Å². The molecule has 6 nitrogen and oxygen atoms in total. The number of piperidine rings is 1. The summed E-state index contributed by atoms with van der Waals surface area (Å²) in [6.45, 7) is 2.91. The van der Waals surface area contributed by atoms with Crippen LogP contribution in [0.25, 0.3) is 10.8 Å². The van der Waals surface area contributed by atoms with Crippen molar-refractivity contribution in [2.24, 2.45) is 5.92 Å². The molecule has 2 aliphatic rings. The van der Waals surface area contributed by atoms with E-state index in [9.17, 15) is 8.42 Å². The minimum absolute atomic E-state index is 0. The van der Waals surface area contributed by atoms with Gasteiger partial charge in [0.2, 0.25) is 0 Å². The summed E-state index contributed by atoms with van der Waals surface area (Å²) in [5, 5.41) is 4.59. The molecule has 2 aliphatic heterocycles. The Balaban J connectivity index is 0.00000289. The molecule has 35 heavy (non-hydrogen) atoms. The minimum Gasteiger partial charge on any atom is -0.493 e. The van der Waals surface area contributed by atoms with E-state index in [2.05, 4.69) is 10.2 Å². The fourth-order valence-corrected chi connectivity index (χ4v) is 7.90. The number of nitrogens with zero attached hydrogens (tertiary/aromatic N) is 1. The van der Waals surface area contributed by atoms with Crippen LogP contribution in [-0.2, 0) is 22.8 Å². The van der Waals surface area contributed by atoms with Crippen molar-refractivity contribution in [3.8, 4) is 11.5 Å². The quantitative estimate of drug-likeness (QED) is 0.522. The van der Waals surface area contributed by atoms with Crippen molar-refractivity contribution in [1.82, 2.24) is 10.2 Å². The molecule has 2 atom stereocenters. The molecule has 1 saturated heterocycles. The van der Waals surface area contributed by atoms with Gasteiger partial charge in [-0.1, -0.05) is 36.4 Å². The van der Waals surface area contributed by atoms with Crippen LogP contribution in [0.3, 0.4) is 0 Å². The first kappa shape index (κ1) is 25.8. The van der Waals surface area contributed by atoms with E-state index < -0.39 is 15.2 Å². The predicted molar refractivity (Wildman–Crippen MR) is 141 cm³/mol. The summed E-state index contributed by atoms with van der Waals surface area (Å²) in [7, 11) is -0.356. The van der Waals surface area contributed by atoms with Crippen LogP contribution < -0.4 is 14.8 Å². The first-order chi connectivity index (χ1) is 16.5. The molecular formula is C27H33ClN2O4S. The monoisotopic (exact) mass is 516 g/mol. The molecule has 8 heteroatoms. The Kier molecular flexibility index (Phi) is 7.91. The van der Waals surface area contributed by atoms with Gasteiger partial charge in [-0.25, -0.2) is 8.42 Å². The van der Waals surface area contributed by atoms with Crippen LogP contribution in [0.5, 0.6) is 11.5 Å². The Hall–Kier alpha value is -2.32. The third kappa shape index (κ3) is 4.87. The van der Waals surface area contributed by atoms with Crippen LogP contribution in [0.2, 0.25) is 0 Å². The van der Waals surface area contributed by atoms with E-state index in [0.29, 0.717) is 36.0 Å². The maximum absolute atomic E-state index is 14.4. The van der Waals surface area contributed by atoms with Crippen LogP contribution in [0, 0.1) is 5.92 Å². The van der Waals surface area contributed by atoms with Gasteiger partial charge in [-0.2, -0.15) is 0 Å². The second kappa shape index (κ2) is 10.7. The highest BCUT2D eigenvalue weighted by atomic mass is 35.5. The standard InChI is InChI=1S/C27H32N2O4S.ClH/c1-32-24-15-20-12-14-29(18-22(20)16-25(24)33-2)27(21-9-6-13-28-17-21)34(30,31)26-11-5-8-19-7-3-4-10-23(19)26;/h3-5,7-8,10-11,15-16,21,27-28H,6,9,12-14,17-18H2,1-2H3;1H. The summed E-state index contributed by atoms with van der Waals surface area (Å²) < 4.78 is 39.7. The number of rotatable bonds is 6. The lowest BCUT2D eigenvalue weighted by Crippen LogP contribution is -2.52. The average Bonchev–Trinajstić information content (AvgIpc) is 2.88. The van der Waals surface area contributed by atoms with Crippen molar-refractivity contribution in [3.63, 3.8) is 0 Å². The van der Waals surface area contributed by atoms with Gasteiger partial charge in [0.15, 0.2) is 21.3 Å². The van der Waals surface area contributed by atoms with Crippen molar-refractivity contribution in [1.29, 1.82) is 0 Å². The summed E-state index contributed by atoms with van der Waals surface area (Å²) in [4.78, 5) is 2.60. The summed E-state index contributed by atoms with van der Waals surface area (Å²) in [5.41, 5.74) is 2.29. The highest BCUT2D eigenvalue weighted by molar-refractivity contribution is 7.92. The van der Waals surface area contributed by atoms with Gasteiger partial charge in [0.1, 0.15) is 5.37 Å². The summed E-state index contributed by atoms with van der Waals surface area (Å²) in [5.74, 6) is 1.42. The second-order valence-corrected chi connectivity index (χ2v) is 11.2. The molecule has 1 N–H and O–H groups in total. The van der Waals surface area contributed by atoms with E-state index in [1.807, 2.05) is 48.5 Å². The molecule has 0 aliphatic carbocycles. The summed E-state index contributed by atoms with van der Waals surface area (Å²) in [6.07, 6.45) is 2.66. The Morgan fingerprint density at radius 1 is 1.00 bits per heavy atom. The molecule has 0 radical (unpaired) electrons. The predicted octanol–water partition coefficient (Wildman–Crippen LogP) is 4.44. The molecule has 0 amide bonds. The minimum atomic E-state index is -3.63. The Labute approximate surface area is 213 Å². The van der Waals surface area contributed by atoms with E-state index in [-0.39, 0.29) is 18.3 Å². The third-order valence-corrected chi connectivity index (χ3v) is 9.51. The smallest absolute Gasteiger partial charge is 0.195 e. The van der Waals surface area contributed by atoms with E-state index >= 15 is 0 Å². The molecule has 5 rings (SSSR count). The van der Waals surface area contributed by atoms with Gasteiger partial charge in [-0.3, -0.25) is 4.90 Å². The number of nitrogens with one attached hydrogen (secondary N) is 1. The topological polar surface area (TPSA) is 67.9 Å². The fourth-order valence-electron chi connectivity index (χ4n) is 5.57. The molecule has 188 valence electrons. The van der Waals surface area contributed by atoms with Crippen LogP contribution >= 0.6 is 12.4 Å². The van der Waals surface area contributed by atoms with Gasteiger partial charge >= 0.3 is 0 Å². The molecule has 3 aromatic rings. The maximum Gasteiger partial charge on any atom is 0.195 e. The number of halogens is 1. The van der Waals surface area contributed by atoms with Crippen molar-refractivity contribution in [2.45, 2.75) is 36.1 Å². The molecule has 1 fully saturated rings.